The largest absolute Gasteiger partial charge is 0.516 e. The van der Waals surface area contributed by atoms with Gasteiger partial charge in [0, 0.05) is 52.8 Å². The number of hydrogen-bond donors (Lipinski definition) is 7. The van der Waals surface area contributed by atoms with Crippen molar-refractivity contribution in [3.63, 3.8) is 0 Å². The molecule has 7 aliphatic rings. The zero-order chi connectivity index (χ0) is 107. The third-order valence-corrected chi connectivity index (χ3v) is 32.7. The molecule has 0 aromatic rings. The molecule has 792 valence electrons. The molecule has 0 aromatic carbocycles. The quantitative estimate of drug-likeness (QED) is 0.0126. The van der Waals surface area contributed by atoms with Crippen molar-refractivity contribution in [2.75, 3.05) is 25.7 Å². The predicted molar refractivity (Wildman–Crippen MR) is 487 cm³/mol. The van der Waals surface area contributed by atoms with Crippen LogP contribution in [0.25, 0.3) is 0 Å². The van der Waals surface area contributed by atoms with Gasteiger partial charge in [-0.2, -0.15) is 56.3 Å². The van der Waals surface area contributed by atoms with Crippen molar-refractivity contribution in [3.05, 3.63) is 0 Å². The molecular formula is C89H155F10N5O26S5. The summed E-state index contributed by atoms with van der Waals surface area (Å²) < 4.78 is 257. The van der Waals surface area contributed by atoms with E-state index >= 15 is 0 Å². The summed E-state index contributed by atoms with van der Waals surface area (Å²) in [5.74, 6) is -2.37. The van der Waals surface area contributed by atoms with Crippen molar-refractivity contribution in [2.24, 2.45) is 104 Å². The topological polar surface area (TPSA) is 487 Å². The van der Waals surface area contributed by atoms with E-state index in [1.54, 1.807) is 76.2 Å². The number of carbonyl (C=O) groups excluding carboxylic acids is 11. The average molecular weight is 2060 g/mol. The summed E-state index contributed by atoms with van der Waals surface area (Å²) in [5.41, 5.74) is -19.3. The van der Waals surface area contributed by atoms with E-state index in [-0.39, 0.29) is 108 Å². The minimum absolute atomic E-state index is 0.0107. The fourth-order valence-electron chi connectivity index (χ4n) is 15.5. The molecular weight excluding hydrogens is 1910 g/mol. The Kier molecular flexibility index (Phi) is 50.3. The van der Waals surface area contributed by atoms with E-state index < -0.39 is 159 Å². The van der Waals surface area contributed by atoms with Gasteiger partial charge < -0.3 is 24.4 Å². The molecule has 0 aromatic heterocycles. The van der Waals surface area contributed by atoms with Crippen LogP contribution in [0, 0.1) is 104 Å². The van der Waals surface area contributed by atoms with Crippen molar-refractivity contribution in [3.8, 4) is 0 Å². The number of rotatable bonds is 28. The highest BCUT2D eigenvalue weighted by molar-refractivity contribution is 7.91. The molecule has 7 rings (SSSR count). The second-order valence-corrected chi connectivity index (χ2v) is 49.4. The normalized spacial score (nSPS) is 25.9. The maximum atomic E-state index is 14.0. The highest BCUT2D eigenvalue weighted by atomic mass is 32.2. The van der Waals surface area contributed by atoms with E-state index in [2.05, 4.69) is 30.2 Å². The van der Waals surface area contributed by atoms with Crippen LogP contribution in [-0.2, 0) is 117 Å². The third-order valence-electron chi connectivity index (χ3n) is 27.6. The number of carbonyl (C=O) groups is 11. The van der Waals surface area contributed by atoms with Crippen molar-refractivity contribution in [2.45, 2.75) is 367 Å². The Labute approximate surface area is 794 Å². The Hall–Kier alpha value is -6.26. The molecule has 7 N–H and O–H groups in total. The number of esters is 3. The molecule has 135 heavy (non-hydrogen) atoms. The summed E-state index contributed by atoms with van der Waals surface area (Å²) in [7, 11) is -21.5. The highest BCUT2D eigenvalue weighted by Crippen LogP contribution is 2.57. The van der Waals surface area contributed by atoms with Crippen LogP contribution >= 0.6 is 0 Å². The Bertz CT molecular complexity index is 4550. The number of alkyl halides is 10. The Morgan fingerprint density at radius 3 is 1.16 bits per heavy atom. The second-order valence-electron chi connectivity index (χ2n) is 40.6. The first-order valence-electron chi connectivity index (χ1n) is 45.6. The molecule has 0 radical (unpaired) electrons. The minimum Gasteiger partial charge on any atom is -0.462 e. The van der Waals surface area contributed by atoms with Crippen LogP contribution in [0.3, 0.4) is 0 Å². The van der Waals surface area contributed by atoms with E-state index in [4.69, 9.17) is 14.2 Å². The lowest BCUT2D eigenvalue weighted by Gasteiger charge is -2.30. The van der Waals surface area contributed by atoms with Crippen LogP contribution in [0.5, 0.6) is 0 Å². The molecule has 4 bridgehead atoms. The van der Waals surface area contributed by atoms with Crippen molar-refractivity contribution in [1.29, 1.82) is 0 Å². The minimum atomic E-state index is -5.59. The van der Waals surface area contributed by atoms with E-state index in [9.17, 15) is 149 Å². The summed E-state index contributed by atoms with van der Waals surface area (Å²) in [5, 5.41) is 18.6. The van der Waals surface area contributed by atoms with Crippen LogP contribution in [-0.4, -0.2) is 188 Å². The van der Waals surface area contributed by atoms with Gasteiger partial charge in [0.05, 0.1) is 40.6 Å². The Morgan fingerprint density at radius 2 is 0.852 bits per heavy atom. The number of aliphatic hydroxyl groups is 2. The fourth-order valence-corrected chi connectivity index (χ4v) is 19.4. The monoisotopic (exact) mass is 2060 g/mol. The van der Waals surface area contributed by atoms with Crippen LogP contribution in [0.1, 0.15) is 322 Å². The van der Waals surface area contributed by atoms with Gasteiger partial charge in [-0.25, -0.2) is 39.1 Å². The first-order valence-corrected chi connectivity index (χ1v) is 53.9. The van der Waals surface area contributed by atoms with Gasteiger partial charge in [-0.1, -0.05) is 157 Å². The summed E-state index contributed by atoms with van der Waals surface area (Å²) in [6, 6.07) is 0. The number of ketones is 3. The predicted octanol–water partition coefficient (Wildman–Crippen LogP) is 15.0. The molecule has 0 aliphatic heterocycles. The lowest BCUT2D eigenvalue weighted by Crippen LogP contribution is -2.45. The summed E-state index contributed by atoms with van der Waals surface area (Å²) in [6.45, 7) is 46.5. The molecule has 17 atom stereocenters. The molecule has 7 saturated carbocycles. The number of Topliss-reactive ketones (excluding diaryl/α,β-unsaturated/α-hetero) is 3. The number of hydrogen-bond acceptors (Lipinski definition) is 26. The van der Waals surface area contributed by atoms with E-state index in [1.807, 2.05) is 60.1 Å². The molecule has 0 saturated heterocycles. The first-order chi connectivity index (χ1) is 60.4. The molecule has 17 unspecified atom stereocenters. The number of amides is 5. The number of nitrogens with one attached hydrogen (secondary N) is 5. The number of ether oxygens (including phenoxy) is 3. The van der Waals surface area contributed by atoms with Gasteiger partial charge in [-0.15, -0.1) is 0 Å². The number of halogens is 10. The second kappa shape index (κ2) is 51.9. The van der Waals surface area contributed by atoms with Gasteiger partial charge in [0.25, 0.3) is 0 Å². The Balaban J connectivity index is 0. The summed E-state index contributed by atoms with van der Waals surface area (Å²) in [6.07, 6.45) is 8.02. The molecule has 0 heterocycles. The van der Waals surface area contributed by atoms with Crippen molar-refractivity contribution in [1.82, 2.24) is 23.6 Å². The molecule has 31 nitrogen and oxygen atoms in total. The average Bonchev–Trinajstić information content (AvgIpc) is 1.63. The maximum Gasteiger partial charge on any atom is 0.516 e. The smallest absolute Gasteiger partial charge is 0.462 e. The fraction of sp³-hybridized carbons (Fsp3) is 0.876. The first kappa shape index (κ1) is 131. The van der Waals surface area contributed by atoms with Crippen molar-refractivity contribution >= 4 is 115 Å². The molecule has 46 heteroatoms. The molecule has 7 fully saturated rings. The Morgan fingerprint density at radius 1 is 0.496 bits per heavy atom. The standard InChI is InChI=1S/C12H21F3O3.C12H23NO3S.C12H20O5.C11H16F3NO3S.C11H19NO3S.C10H19FO.C7H12F3NO3S.C7H15NO3S.C7H10O2/c1-6-10(3,4)9(16)18-8(2)7-11(5,17)12(13,14)15;1-4-12(2,3)11(14)13-17(15,16)10-8-6-5-7-9-10;1-5-12(3,4)11(15)17-7-6-16-10(14)8-9(2)13;1-5-6(2)8-3-7(5)4-9(8)10(16)15-19(17,18)11(12,13)14;1-6-7(2)9-4-8(6)5-10(9)11(13)12-16(3,14)15;1-4-8-6-9(3,12)7-10(8,11)5-2;1-4-6(2,3)5(12)11-15(13,14)7(8,9)10;1-5-7(2,3)6(9)8-12(4,10)11;1-4-5(2)7(9)3-6(4)8/h8,17H,6-7H2,1-5H3;10H,4-9H2,1-3H3,(H,13,14);5-8H2,1-4H3;5-9H,3-4H2,1-2H3,(H,15,16);6-10H,4-5H2,1-3H3,(H,12,13);8,12H,4-7H2,1-3H3;4H2,1-3H3,(H,11,12);5H2,1-4H3,(H,8,9);4-5H,3H2,1-2H3. The van der Waals surface area contributed by atoms with Gasteiger partial charge in [0.2, 0.25) is 59.6 Å². The molecule has 0 spiro atoms. The number of sulfonamides is 5. The van der Waals surface area contributed by atoms with E-state index in [1.165, 1.54) is 32.4 Å². The molecule has 5 amide bonds. The van der Waals surface area contributed by atoms with Gasteiger partial charge >= 0.3 is 55.1 Å². The zero-order valence-electron chi connectivity index (χ0n) is 83.9. The maximum absolute atomic E-state index is 14.0. The molecule has 7 aliphatic carbocycles. The van der Waals surface area contributed by atoms with Crippen LogP contribution in [0.2, 0.25) is 0 Å². The number of fused-ring (bicyclic) bond motifs is 4. The summed E-state index contributed by atoms with van der Waals surface area (Å²) in [4.78, 5) is 124. The lowest BCUT2D eigenvalue weighted by molar-refractivity contribution is -0.261. The van der Waals surface area contributed by atoms with Crippen LogP contribution in [0.15, 0.2) is 0 Å². The van der Waals surface area contributed by atoms with Crippen LogP contribution < -0.4 is 23.6 Å². The van der Waals surface area contributed by atoms with Gasteiger partial charge in [-0.3, -0.25) is 66.9 Å². The van der Waals surface area contributed by atoms with Crippen LogP contribution in [0.4, 0.5) is 43.9 Å². The summed E-state index contributed by atoms with van der Waals surface area (Å²) >= 11 is 0. The lowest BCUT2D eigenvalue weighted by atomic mass is 9.75. The third kappa shape index (κ3) is 42.2. The van der Waals surface area contributed by atoms with E-state index in [0.29, 0.717) is 107 Å². The zero-order valence-corrected chi connectivity index (χ0v) is 88.0. The van der Waals surface area contributed by atoms with Gasteiger partial charge in [-0.05, 0) is 192 Å². The van der Waals surface area contributed by atoms with Gasteiger partial charge in [0.1, 0.15) is 48.8 Å². The SMILES string of the molecule is CC1C(=O)CC(=O)C1C.CC1C2CC(C(=O)NS(=O)(=O)C(F)(F)F)C(C2)C1C.CC1C2CC(C(=O)NS(C)(=O)=O)C(C2)C1C.CCC(C)(C)C(=O)NS(=O)(=O)C(F)(F)F.CCC(C)(C)C(=O)NS(=O)(=O)C1CCCCC1.CCC(C)(C)C(=O)NS(C)(=O)=O.CCC(C)(C)C(=O)OC(C)CC(C)(O)C(F)(F)F.CCC(C)(C)C(=O)OCCOC(=O)CC(C)=O.CCC1CC(C)(O)CC1(F)CC. The highest BCUT2D eigenvalue weighted by Gasteiger charge is 2.57. The van der Waals surface area contributed by atoms with Crippen molar-refractivity contribution < 1.29 is 163 Å². The van der Waals surface area contributed by atoms with E-state index in [0.717, 1.165) is 62.2 Å². The van der Waals surface area contributed by atoms with Gasteiger partial charge in [0.15, 0.2) is 5.60 Å².